The van der Waals surface area contributed by atoms with Crippen molar-refractivity contribution in [3.63, 3.8) is 0 Å². The zero-order chi connectivity index (χ0) is 17.9. The molecule has 7 heteroatoms. The molecular formula is C18H23N5O2. The molecule has 3 heterocycles. The molecule has 1 fully saturated rings. The Morgan fingerprint density at radius 3 is 2.72 bits per heavy atom. The number of hydrogen-bond acceptors (Lipinski definition) is 6. The highest BCUT2D eigenvalue weighted by molar-refractivity contribution is 5.93. The summed E-state index contributed by atoms with van der Waals surface area (Å²) in [5, 5.41) is 11.0. The van der Waals surface area contributed by atoms with Crippen LogP contribution in [0.5, 0.6) is 0 Å². The fourth-order valence-corrected chi connectivity index (χ4v) is 3.27. The van der Waals surface area contributed by atoms with E-state index in [2.05, 4.69) is 15.0 Å². The van der Waals surface area contributed by atoms with E-state index in [1.807, 2.05) is 17.9 Å². The van der Waals surface area contributed by atoms with Crippen LogP contribution in [0, 0.1) is 6.92 Å². The van der Waals surface area contributed by atoms with Crippen molar-refractivity contribution in [1.82, 2.24) is 19.9 Å². The normalized spacial score (nSPS) is 20.4. The number of piperidine rings is 1. The first-order chi connectivity index (χ1) is 12.0. The number of nitrogens with zero attached hydrogens (tertiary/aromatic N) is 5. The lowest BCUT2D eigenvalue weighted by atomic mass is 9.92. The maximum atomic E-state index is 12.6. The van der Waals surface area contributed by atoms with Gasteiger partial charge in [-0.25, -0.2) is 9.97 Å². The highest BCUT2D eigenvalue weighted by Crippen LogP contribution is 2.25. The summed E-state index contributed by atoms with van der Waals surface area (Å²) < 4.78 is 0. The number of anilines is 1. The fraction of sp³-hybridized carbons (Fsp3) is 0.444. The van der Waals surface area contributed by atoms with Crippen LogP contribution in [0.25, 0.3) is 0 Å². The molecule has 0 aromatic carbocycles. The number of carbonyl (C=O) groups excluding carboxylic acids is 1. The van der Waals surface area contributed by atoms with Crippen molar-refractivity contribution in [1.29, 1.82) is 0 Å². The summed E-state index contributed by atoms with van der Waals surface area (Å²) in [5.41, 5.74) is 0.256. The molecule has 1 saturated heterocycles. The van der Waals surface area contributed by atoms with Crippen LogP contribution in [-0.4, -0.2) is 63.1 Å². The Morgan fingerprint density at radius 1 is 1.28 bits per heavy atom. The Kier molecular flexibility index (Phi) is 4.94. The molecule has 2 aromatic rings. The smallest absolute Gasteiger partial charge is 0.272 e. The van der Waals surface area contributed by atoms with Crippen molar-refractivity contribution in [2.75, 3.05) is 31.6 Å². The van der Waals surface area contributed by atoms with Gasteiger partial charge in [-0.05, 0) is 37.5 Å². The van der Waals surface area contributed by atoms with Gasteiger partial charge in [0.05, 0.1) is 18.7 Å². The number of aromatic nitrogens is 3. The minimum absolute atomic E-state index is 0.181. The summed E-state index contributed by atoms with van der Waals surface area (Å²) in [6.07, 6.45) is 6.44. The van der Waals surface area contributed by atoms with Crippen LogP contribution in [0.4, 0.5) is 5.95 Å². The second kappa shape index (κ2) is 7.14. The number of hydrogen-bond donors (Lipinski definition) is 1. The van der Waals surface area contributed by atoms with E-state index in [4.69, 9.17) is 0 Å². The largest absolute Gasteiger partial charge is 0.386 e. The molecule has 0 bridgehead atoms. The number of aliphatic hydroxyl groups is 1. The van der Waals surface area contributed by atoms with Crippen LogP contribution in [0.2, 0.25) is 0 Å². The third kappa shape index (κ3) is 3.93. The van der Waals surface area contributed by atoms with Gasteiger partial charge in [-0.2, -0.15) is 0 Å². The molecule has 1 aliphatic heterocycles. The zero-order valence-corrected chi connectivity index (χ0v) is 14.6. The van der Waals surface area contributed by atoms with Crippen molar-refractivity contribution < 1.29 is 9.90 Å². The monoisotopic (exact) mass is 341 g/mol. The van der Waals surface area contributed by atoms with Crippen LogP contribution in [0.15, 0.2) is 36.8 Å². The standard InChI is InChI=1S/C18H23N5O2/c1-14-6-3-8-19-15(14)16(24)22(2)12-18(25)7-4-11-23(13-18)17-20-9-5-10-21-17/h3,5-6,8-10,25H,4,7,11-13H2,1-2H3/t18-/m0/s1. The average molecular weight is 341 g/mol. The predicted molar refractivity (Wildman–Crippen MR) is 94.4 cm³/mol. The summed E-state index contributed by atoms with van der Waals surface area (Å²) in [7, 11) is 1.70. The van der Waals surface area contributed by atoms with Gasteiger partial charge in [0.15, 0.2) is 0 Å². The van der Waals surface area contributed by atoms with Gasteiger partial charge in [-0.15, -0.1) is 0 Å². The van der Waals surface area contributed by atoms with Crippen LogP contribution < -0.4 is 4.90 Å². The molecule has 132 valence electrons. The van der Waals surface area contributed by atoms with E-state index < -0.39 is 5.60 Å². The quantitative estimate of drug-likeness (QED) is 0.902. The van der Waals surface area contributed by atoms with Crippen molar-refractivity contribution in [3.05, 3.63) is 48.0 Å². The molecule has 25 heavy (non-hydrogen) atoms. The second-order valence-electron chi connectivity index (χ2n) is 6.63. The first-order valence-corrected chi connectivity index (χ1v) is 8.40. The van der Waals surface area contributed by atoms with Gasteiger partial charge in [0.2, 0.25) is 5.95 Å². The van der Waals surface area contributed by atoms with Crippen LogP contribution in [0.1, 0.15) is 28.9 Å². The number of β-amino-alcohol motifs (C(OH)–C–C–N with tert-alkyl or cyclic N) is 1. The third-order valence-electron chi connectivity index (χ3n) is 4.48. The van der Waals surface area contributed by atoms with Gasteiger partial charge >= 0.3 is 0 Å². The van der Waals surface area contributed by atoms with Crippen LogP contribution in [0.3, 0.4) is 0 Å². The second-order valence-corrected chi connectivity index (χ2v) is 6.63. The predicted octanol–water partition coefficient (Wildman–Crippen LogP) is 1.28. The number of amides is 1. The summed E-state index contributed by atoms with van der Waals surface area (Å²) in [5.74, 6) is 0.426. The Morgan fingerprint density at radius 2 is 2.00 bits per heavy atom. The maximum Gasteiger partial charge on any atom is 0.272 e. The first kappa shape index (κ1) is 17.3. The van der Waals surface area contributed by atoms with E-state index >= 15 is 0 Å². The SMILES string of the molecule is Cc1cccnc1C(=O)N(C)C[C@@]1(O)CCCN(c2ncccn2)C1. The molecule has 0 saturated carbocycles. The molecule has 0 spiro atoms. The zero-order valence-electron chi connectivity index (χ0n) is 14.6. The summed E-state index contributed by atoms with van der Waals surface area (Å²) in [4.78, 5) is 28.8. The van der Waals surface area contributed by atoms with Crippen molar-refractivity contribution in [2.24, 2.45) is 0 Å². The van der Waals surface area contributed by atoms with Gasteiger partial charge in [-0.3, -0.25) is 9.78 Å². The highest BCUT2D eigenvalue weighted by Gasteiger charge is 2.36. The van der Waals surface area contributed by atoms with Gasteiger partial charge in [0, 0.05) is 32.2 Å². The van der Waals surface area contributed by atoms with E-state index in [1.165, 1.54) is 0 Å². The van der Waals surface area contributed by atoms with Crippen LogP contribution >= 0.6 is 0 Å². The highest BCUT2D eigenvalue weighted by atomic mass is 16.3. The molecule has 2 aromatic heterocycles. The number of likely N-dealkylation sites (N-methyl/N-ethyl adjacent to an activating group) is 1. The Hall–Kier alpha value is -2.54. The van der Waals surface area contributed by atoms with E-state index in [0.717, 1.165) is 18.5 Å². The minimum atomic E-state index is -0.995. The lowest BCUT2D eigenvalue weighted by Crippen LogP contribution is -2.55. The molecule has 0 unspecified atom stereocenters. The third-order valence-corrected chi connectivity index (χ3v) is 4.48. The molecule has 1 atom stereocenters. The Balaban J connectivity index is 1.70. The summed E-state index contributed by atoms with van der Waals surface area (Å²) in [6, 6.07) is 5.43. The number of carbonyl (C=O) groups is 1. The lowest BCUT2D eigenvalue weighted by molar-refractivity contribution is -0.000464. The Bertz CT molecular complexity index is 739. The molecule has 7 nitrogen and oxygen atoms in total. The van der Waals surface area contributed by atoms with Crippen LogP contribution in [-0.2, 0) is 0 Å². The molecule has 0 radical (unpaired) electrons. The molecule has 0 aliphatic carbocycles. The van der Waals surface area contributed by atoms with E-state index in [0.29, 0.717) is 24.6 Å². The average Bonchev–Trinajstić information content (AvgIpc) is 2.62. The molecular weight excluding hydrogens is 318 g/mol. The van der Waals surface area contributed by atoms with Gasteiger partial charge in [-0.1, -0.05) is 6.07 Å². The topological polar surface area (TPSA) is 82.5 Å². The number of pyridine rings is 1. The van der Waals surface area contributed by atoms with E-state index in [-0.39, 0.29) is 12.5 Å². The molecule has 1 aliphatic rings. The van der Waals surface area contributed by atoms with Crippen molar-refractivity contribution >= 4 is 11.9 Å². The lowest BCUT2D eigenvalue weighted by Gasteiger charge is -2.41. The molecule has 1 amide bonds. The van der Waals surface area contributed by atoms with E-state index in [1.54, 1.807) is 42.7 Å². The first-order valence-electron chi connectivity index (χ1n) is 8.40. The van der Waals surface area contributed by atoms with E-state index in [9.17, 15) is 9.90 Å². The summed E-state index contributed by atoms with van der Waals surface area (Å²) >= 11 is 0. The molecule has 1 N–H and O–H groups in total. The van der Waals surface area contributed by atoms with Crippen molar-refractivity contribution in [3.8, 4) is 0 Å². The van der Waals surface area contributed by atoms with Gasteiger partial charge < -0.3 is 14.9 Å². The maximum absolute atomic E-state index is 12.6. The van der Waals surface area contributed by atoms with Gasteiger partial charge in [0.1, 0.15) is 5.69 Å². The fourth-order valence-electron chi connectivity index (χ4n) is 3.27. The van der Waals surface area contributed by atoms with Gasteiger partial charge in [0.25, 0.3) is 5.91 Å². The summed E-state index contributed by atoms with van der Waals surface area (Å²) in [6.45, 7) is 3.29. The van der Waals surface area contributed by atoms with Crippen molar-refractivity contribution in [2.45, 2.75) is 25.4 Å². The number of aryl methyl sites for hydroxylation is 1. The Labute approximate surface area is 147 Å². The number of rotatable bonds is 4. The minimum Gasteiger partial charge on any atom is -0.386 e. The molecule has 3 rings (SSSR count).